The van der Waals surface area contributed by atoms with Crippen LogP contribution in [0.4, 0.5) is 5.69 Å². The molecule has 0 spiro atoms. The zero-order valence-electron chi connectivity index (χ0n) is 16.3. The molecule has 1 amide bonds. The second-order valence-corrected chi connectivity index (χ2v) is 7.33. The summed E-state index contributed by atoms with van der Waals surface area (Å²) in [5.74, 6) is -0.134. The fourth-order valence-corrected chi connectivity index (χ4v) is 3.81. The van der Waals surface area contributed by atoms with Gasteiger partial charge in [0.05, 0.1) is 6.61 Å². The summed E-state index contributed by atoms with van der Waals surface area (Å²) in [6.45, 7) is 1.46. The van der Waals surface area contributed by atoms with Gasteiger partial charge in [0.15, 0.2) is 5.16 Å². The van der Waals surface area contributed by atoms with E-state index in [0.717, 1.165) is 34.0 Å². The molecule has 4 rings (SSSR count). The van der Waals surface area contributed by atoms with E-state index in [2.05, 4.69) is 14.9 Å². The Labute approximate surface area is 173 Å². The molecule has 6 nitrogen and oxygen atoms in total. The van der Waals surface area contributed by atoms with Gasteiger partial charge < -0.3 is 14.6 Å². The molecule has 0 saturated carbocycles. The molecule has 0 atom stereocenters. The molecule has 2 heterocycles. The topological polar surface area (TPSA) is 61.1 Å². The molecule has 148 valence electrons. The molecule has 7 heteroatoms. The quantitative estimate of drug-likeness (QED) is 0.461. The summed E-state index contributed by atoms with van der Waals surface area (Å²) in [6, 6.07) is 15.5. The van der Waals surface area contributed by atoms with Gasteiger partial charge in [-0.15, -0.1) is 0 Å². The largest absolute Gasteiger partial charge is 0.383 e. The number of nitrogens with one attached hydrogen (secondary N) is 1. The van der Waals surface area contributed by atoms with E-state index in [1.807, 2.05) is 71.7 Å². The minimum atomic E-state index is -0.134. The van der Waals surface area contributed by atoms with Crippen LogP contribution in [0.1, 0.15) is 10.4 Å². The predicted octanol–water partition coefficient (Wildman–Crippen LogP) is 4.45. The molecule has 29 heavy (non-hydrogen) atoms. The average molecular weight is 407 g/mol. The van der Waals surface area contributed by atoms with Crippen LogP contribution in [0.15, 0.2) is 72.3 Å². The lowest BCUT2D eigenvalue weighted by molar-refractivity contribution is 0.102. The Morgan fingerprint density at radius 2 is 1.97 bits per heavy atom. The van der Waals surface area contributed by atoms with Crippen molar-refractivity contribution in [3.8, 4) is 5.69 Å². The number of benzene rings is 2. The lowest BCUT2D eigenvalue weighted by Crippen LogP contribution is -2.12. The number of thioether (sulfide) groups is 1. The highest BCUT2D eigenvalue weighted by atomic mass is 32.2. The van der Waals surface area contributed by atoms with E-state index >= 15 is 0 Å². The zero-order chi connectivity index (χ0) is 20.2. The minimum absolute atomic E-state index is 0.134. The molecule has 0 radical (unpaired) electrons. The van der Waals surface area contributed by atoms with Gasteiger partial charge in [-0.3, -0.25) is 9.36 Å². The van der Waals surface area contributed by atoms with Gasteiger partial charge in [-0.2, -0.15) is 0 Å². The highest BCUT2D eigenvalue weighted by Gasteiger charge is 2.09. The summed E-state index contributed by atoms with van der Waals surface area (Å²) in [4.78, 5) is 17.0. The Morgan fingerprint density at radius 3 is 2.72 bits per heavy atom. The van der Waals surface area contributed by atoms with Crippen LogP contribution in [-0.4, -0.2) is 40.0 Å². The van der Waals surface area contributed by atoms with Crippen molar-refractivity contribution in [2.75, 3.05) is 25.3 Å². The average Bonchev–Trinajstić information content (AvgIpc) is 3.39. The maximum Gasteiger partial charge on any atom is 0.255 e. The van der Waals surface area contributed by atoms with E-state index < -0.39 is 0 Å². The number of nitrogens with zero attached hydrogens (tertiary/aromatic N) is 3. The van der Waals surface area contributed by atoms with Gasteiger partial charge in [0.25, 0.3) is 5.91 Å². The molecule has 0 bridgehead atoms. The van der Waals surface area contributed by atoms with E-state index in [-0.39, 0.29) is 5.91 Å². The molecule has 0 unspecified atom stereocenters. The van der Waals surface area contributed by atoms with Crippen molar-refractivity contribution < 1.29 is 9.53 Å². The number of methoxy groups -OCH3 is 1. The van der Waals surface area contributed by atoms with Crippen LogP contribution in [0.3, 0.4) is 0 Å². The first kappa shape index (κ1) is 19.3. The summed E-state index contributed by atoms with van der Waals surface area (Å²) in [5, 5.41) is 4.98. The molecule has 1 N–H and O–H groups in total. The van der Waals surface area contributed by atoms with E-state index in [9.17, 15) is 4.79 Å². The lowest BCUT2D eigenvalue weighted by atomic mass is 10.1. The lowest BCUT2D eigenvalue weighted by Gasteiger charge is -2.09. The maximum absolute atomic E-state index is 12.7. The van der Waals surface area contributed by atoms with Crippen molar-refractivity contribution in [3.05, 3.63) is 72.7 Å². The first-order chi connectivity index (χ1) is 14.2. The zero-order valence-corrected chi connectivity index (χ0v) is 17.1. The molecule has 0 aliphatic carbocycles. The number of amides is 1. The number of aromatic nitrogens is 3. The highest BCUT2D eigenvalue weighted by Crippen LogP contribution is 2.22. The van der Waals surface area contributed by atoms with Gasteiger partial charge >= 0.3 is 0 Å². The standard InChI is InChI=1S/C22H22N4O2S/c1-28-14-13-25-11-9-17-15-18(5-8-20(17)25)24-21(27)16-3-6-19(7-4-16)26-12-10-23-22(26)29-2/h3-12,15H,13-14H2,1-2H3,(H,24,27). The second-order valence-electron chi connectivity index (χ2n) is 6.56. The monoisotopic (exact) mass is 406 g/mol. The first-order valence-corrected chi connectivity index (χ1v) is 10.5. The second kappa shape index (κ2) is 8.55. The fraction of sp³-hybridized carbons (Fsp3) is 0.182. The molecule has 0 aliphatic heterocycles. The van der Waals surface area contributed by atoms with Gasteiger partial charge in [-0.1, -0.05) is 11.8 Å². The summed E-state index contributed by atoms with van der Waals surface area (Å²) in [6.07, 6.45) is 7.70. The summed E-state index contributed by atoms with van der Waals surface area (Å²) >= 11 is 1.58. The smallest absolute Gasteiger partial charge is 0.255 e. The fourth-order valence-electron chi connectivity index (χ4n) is 3.28. The number of hydrogen-bond donors (Lipinski definition) is 1. The third-order valence-corrected chi connectivity index (χ3v) is 5.43. The van der Waals surface area contributed by atoms with Crippen molar-refractivity contribution in [3.63, 3.8) is 0 Å². The van der Waals surface area contributed by atoms with Crippen molar-refractivity contribution in [2.45, 2.75) is 11.7 Å². The molecular formula is C22H22N4O2S. The first-order valence-electron chi connectivity index (χ1n) is 9.26. The number of fused-ring (bicyclic) bond motifs is 1. The molecule has 4 aromatic rings. The van der Waals surface area contributed by atoms with E-state index in [4.69, 9.17) is 4.74 Å². The van der Waals surface area contributed by atoms with E-state index in [1.165, 1.54) is 0 Å². The van der Waals surface area contributed by atoms with Crippen LogP contribution >= 0.6 is 11.8 Å². The number of anilines is 1. The van der Waals surface area contributed by atoms with Gasteiger partial charge in [-0.25, -0.2) is 4.98 Å². The van der Waals surface area contributed by atoms with Crippen LogP contribution in [0.5, 0.6) is 0 Å². The van der Waals surface area contributed by atoms with Gasteiger partial charge in [0.1, 0.15) is 0 Å². The summed E-state index contributed by atoms with van der Waals surface area (Å²) in [7, 11) is 1.70. The number of carbonyl (C=O) groups excluding carboxylic acids is 1. The van der Waals surface area contributed by atoms with Gasteiger partial charge in [0, 0.05) is 60.1 Å². The predicted molar refractivity (Wildman–Crippen MR) is 117 cm³/mol. The van der Waals surface area contributed by atoms with E-state index in [1.54, 1.807) is 25.1 Å². The van der Waals surface area contributed by atoms with Crippen molar-refractivity contribution in [1.82, 2.24) is 14.1 Å². The minimum Gasteiger partial charge on any atom is -0.383 e. The van der Waals surface area contributed by atoms with Crippen LogP contribution in [0.25, 0.3) is 16.6 Å². The van der Waals surface area contributed by atoms with Crippen LogP contribution < -0.4 is 5.32 Å². The third kappa shape index (κ3) is 4.06. The van der Waals surface area contributed by atoms with Crippen molar-refractivity contribution >= 4 is 34.3 Å². The van der Waals surface area contributed by atoms with Crippen LogP contribution in [0.2, 0.25) is 0 Å². The summed E-state index contributed by atoms with van der Waals surface area (Å²) < 4.78 is 9.29. The molecule has 2 aromatic heterocycles. The highest BCUT2D eigenvalue weighted by molar-refractivity contribution is 7.98. The number of hydrogen-bond acceptors (Lipinski definition) is 4. The van der Waals surface area contributed by atoms with Crippen LogP contribution in [-0.2, 0) is 11.3 Å². The Kier molecular flexibility index (Phi) is 5.69. The van der Waals surface area contributed by atoms with Gasteiger partial charge in [-0.05, 0) is 54.8 Å². The normalized spacial score (nSPS) is 11.1. The number of ether oxygens (including phenoxy) is 1. The Bertz CT molecular complexity index is 1130. The third-order valence-electron chi connectivity index (χ3n) is 4.76. The van der Waals surface area contributed by atoms with Crippen molar-refractivity contribution in [1.29, 1.82) is 0 Å². The Balaban J connectivity index is 1.49. The SMILES string of the molecule is COCCn1ccc2cc(NC(=O)c3ccc(-n4ccnc4SC)cc3)ccc21. The maximum atomic E-state index is 12.7. The molecular weight excluding hydrogens is 384 g/mol. The van der Waals surface area contributed by atoms with Gasteiger partial charge in [0.2, 0.25) is 0 Å². The van der Waals surface area contributed by atoms with Crippen molar-refractivity contribution in [2.24, 2.45) is 0 Å². The Morgan fingerprint density at radius 1 is 1.14 bits per heavy atom. The number of rotatable bonds is 7. The van der Waals surface area contributed by atoms with Crippen LogP contribution in [0, 0.1) is 0 Å². The molecule has 0 aliphatic rings. The number of imidazole rings is 1. The molecule has 0 saturated heterocycles. The summed E-state index contributed by atoms with van der Waals surface area (Å²) in [5.41, 5.74) is 3.48. The van der Waals surface area contributed by atoms with E-state index in [0.29, 0.717) is 12.2 Å². The number of carbonyl (C=O) groups is 1. The Hall–Kier alpha value is -3.03. The molecule has 2 aromatic carbocycles. The molecule has 0 fully saturated rings.